The number of piperazine rings is 1. The van der Waals surface area contributed by atoms with Crippen molar-refractivity contribution in [1.82, 2.24) is 20.3 Å². The number of carbonyl (C=O) groups is 1. The van der Waals surface area contributed by atoms with Gasteiger partial charge in [0.2, 0.25) is 5.91 Å². The topological polar surface area (TPSA) is 61.6 Å². The van der Waals surface area contributed by atoms with E-state index in [4.69, 9.17) is 4.52 Å². The van der Waals surface area contributed by atoms with Crippen molar-refractivity contribution >= 4 is 5.91 Å². The minimum absolute atomic E-state index is 0.0169. The minimum Gasteiger partial charge on any atom is -0.360 e. The van der Waals surface area contributed by atoms with Gasteiger partial charge in [0.15, 0.2) is 5.76 Å². The van der Waals surface area contributed by atoms with Crippen molar-refractivity contribution < 1.29 is 9.32 Å². The summed E-state index contributed by atoms with van der Waals surface area (Å²) in [6, 6.07) is 1.88. The van der Waals surface area contributed by atoms with Gasteiger partial charge < -0.3 is 14.7 Å². The van der Waals surface area contributed by atoms with Crippen molar-refractivity contribution in [2.24, 2.45) is 0 Å². The Hall–Kier alpha value is -1.40. The highest BCUT2D eigenvalue weighted by Gasteiger charge is 2.34. The second-order valence-corrected chi connectivity index (χ2v) is 5.18. The molecule has 0 aliphatic carbocycles. The van der Waals surface area contributed by atoms with Crippen LogP contribution in [-0.4, -0.2) is 59.6 Å². The van der Waals surface area contributed by atoms with E-state index in [9.17, 15) is 4.79 Å². The van der Waals surface area contributed by atoms with Crippen LogP contribution in [0.3, 0.4) is 0 Å². The minimum atomic E-state index is 0.0169. The summed E-state index contributed by atoms with van der Waals surface area (Å²) in [4.78, 5) is 16.7. The van der Waals surface area contributed by atoms with Crippen molar-refractivity contribution in [1.29, 1.82) is 0 Å². The van der Waals surface area contributed by atoms with E-state index in [-0.39, 0.29) is 11.9 Å². The molecule has 1 unspecified atom stereocenters. The van der Waals surface area contributed by atoms with Gasteiger partial charge in [-0.15, -0.1) is 0 Å². The van der Waals surface area contributed by atoms with E-state index in [1.807, 2.05) is 11.0 Å². The molecule has 6 heteroatoms. The number of hydrogen-bond acceptors (Lipinski definition) is 5. The average molecular weight is 264 g/mol. The molecule has 3 heterocycles. The zero-order valence-electron chi connectivity index (χ0n) is 11.0. The van der Waals surface area contributed by atoms with Crippen LogP contribution in [-0.2, 0) is 11.3 Å². The van der Waals surface area contributed by atoms with Crippen LogP contribution in [0.1, 0.15) is 18.6 Å². The fourth-order valence-electron chi connectivity index (χ4n) is 2.91. The lowest BCUT2D eigenvalue weighted by molar-refractivity contribution is -0.136. The van der Waals surface area contributed by atoms with Gasteiger partial charge in [-0.25, -0.2) is 0 Å². The Morgan fingerprint density at radius 3 is 3.00 bits per heavy atom. The van der Waals surface area contributed by atoms with E-state index in [2.05, 4.69) is 15.4 Å². The van der Waals surface area contributed by atoms with E-state index >= 15 is 0 Å². The monoisotopic (exact) mass is 264 g/mol. The van der Waals surface area contributed by atoms with Crippen molar-refractivity contribution in [2.75, 3.05) is 32.7 Å². The van der Waals surface area contributed by atoms with Gasteiger partial charge in [0.1, 0.15) is 0 Å². The van der Waals surface area contributed by atoms with Crippen LogP contribution in [0.4, 0.5) is 0 Å². The summed E-state index contributed by atoms with van der Waals surface area (Å²) in [5.74, 6) is 1.11. The first kappa shape index (κ1) is 12.6. The summed E-state index contributed by atoms with van der Waals surface area (Å²) in [5.41, 5.74) is 0. The molecule has 1 aromatic heterocycles. The molecule has 0 radical (unpaired) electrons. The number of nitrogens with one attached hydrogen (secondary N) is 1. The Morgan fingerprint density at radius 2 is 2.26 bits per heavy atom. The molecule has 1 N–H and O–H groups in total. The molecular formula is C13H20N4O2. The molecule has 1 atom stereocenters. The SMILES string of the molecule is O=C(C1CCCN1Cc1ccno1)N1CCNCC1. The number of carbonyl (C=O) groups excluding carboxylic acids is 1. The van der Waals surface area contributed by atoms with Crippen molar-refractivity contribution in [3.8, 4) is 0 Å². The van der Waals surface area contributed by atoms with Crippen molar-refractivity contribution in [3.63, 3.8) is 0 Å². The summed E-state index contributed by atoms with van der Waals surface area (Å²) in [6.45, 7) is 5.10. The van der Waals surface area contributed by atoms with Crippen LogP contribution in [0.15, 0.2) is 16.8 Å². The zero-order valence-corrected chi connectivity index (χ0v) is 11.0. The molecule has 2 fully saturated rings. The third kappa shape index (κ3) is 2.79. The number of likely N-dealkylation sites (tertiary alicyclic amines) is 1. The van der Waals surface area contributed by atoms with Gasteiger partial charge in [0.05, 0.1) is 18.8 Å². The Balaban J connectivity index is 1.63. The molecule has 104 valence electrons. The first-order valence-electron chi connectivity index (χ1n) is 6.98. The van der Waals surface area contributed by atoms with Crippen molar-refractivity contribution in [2.45, 2.75) is 25.4 Å². The summed E-state index contributed by atoms with van der Waals surface area (Å²) in [5, 5.41) is 7.00. The lowest BCUT2D eigenvalue weighted by Gasteiger charge is -2.32. The molecule has 1 amide bonds. The summed E-state index contributed by atoms with van der Waals surface area (Å²) < 4.78 is 5.14. The highest BCUT2D eigenvalue weighted by Crippen LogP contribution is 2.22. The molecule has 2 saturated heterocycles. The number of aromatic nitrogens is 1. The normalized spacial score (nSPS) is 24.8. The van der Waals surface area contributed by atoms with E-state index < -0.39 is 0 Å². The first-order valence-corrected chi connectivity index (χ1v) is 6.98. The van der Waals surface area contributed by atoms with Gasteiger partial charge in [0, 0.05) is 32.2 Å². The molecule has 0 bridgehead atoms. The van der Waals surface area contributed by atoms with Crippen molar-refractivity contribution in [3.05, 3.63) is 18.0 Å². The van der Waals surface area contributed by atoms with Crippen LogP contribution in [0.2, 0.25) is 0 Å². The van der Waals surface area contributed by atoms with Gasteiger partial charge in [-0.3, -0.25) is 9.69 Å². The zero-order chi connectivity index (χ0) is 13.1. The van der Waals surface area contributed by atoms with E-state index in [1.165, 1.54) is 0 Å². The number of rotatable bonds is 3. The van der Waals surface area contributed by atoms with Gasteiger partial charge >= 0.3 is 0 Å². The predicted octanol–water partition coefficient (Wildman–Crippen LogP) is 0.0708. The Bertz CT molecular complexity index is 414. The van der Waals surface area contributed by atoms with Crippen LogP contribution >= 0.6 is 0 Å². The fourth-order valence-corrected chi connectivity index (χ4v) is 2.91. The molecule has 2 aliphatic rings. The molecule has 2 aliphatic heterocycles. The van der Waals surface area contributed by atoms with E-state index in [1.54, 1.807) is 6.20 Å². The second-order valence-electron chi connectivity index (χ2n) is 5.18. The highest BCUT2D eigenvalue weighted by molar-refractivity contribution is 5.82. The molecule has 3 rings (SSSR count). The standard InChI is InChI=1S/C13H20N4O2/c18-13(16-8-5-14-6-9-16)12-2-1-7-17(12)10-11-3-4-15-19-11/h3-4,12,14H,1-2,5-10H2. The molecule has 0 spiro atoms. The smallest absolute Gasteiger partial charge is 0.240 e. The van der Waals surface area contributed by atoms with E-state index in [0.29, 0.717) is 6.54 Å². The maximum absolute atomic E-state index is 12.5. The van der Waals surface area contributed by atoms with Crippen LogP contribution in [0.5, 0.6) is 0 Å². The van der Waals surface area contributed by atoms with Gasteiger partial charge in [-0.05, 0) is 19.4 Å². The second kappa shape index (κ2) is 5.71. The van der Waals surface area contributed by atoms with Crippen LogP contribution < -0.4 is 5.32 Å². The maximum Gasteiger partial charge on any atom is 0.240 e. The van der Waals surface area contributed by atoms with Gasteiger partial charge in [0.25, 0.3) is 0 Å². The van der Waals surface area contributed by atoms with E-state index in [0.717, 1.165) is 51.3 Å². The third-order valence-electron chi connectivity index (χ3n) is 3.93. The fraction of sp³-hybridized carbons (Fsp3) is 0.692. The first-order chi connectivity index (χ1) is 9.34. The van der Waals surface area contributed by atoms with Gasteiger partial charge in [-0.1, -0.05) is 5.16 Å². The summed E-state index contributed by atoms with van der Waals surface area (Å²) in [7, 11) is 0. The number of hydrogen-bond donors (Lipinski definition) is 1. The largest absolute Gasteiger partial charge is 0.360 e. The predicted molar refractivity (Wildman–Crippen MR) is 69.4 cm³/mol. The molecule has 6 nitrogen and oxygen atoms in total. The quantitative estimate of drug-likeness (QED) is 0.837. The molecule has 19 heavy (non-hydrogen) atoms. The summed E-state index contributed by atoms with van der Waals surface area (Å²) in [6.07, 6.45) is 3.69. The molecular weight excluding hydrogens is 244 g/mol. The molecule has 0 saturated carbocycles. The molecule has 1 aromatic rings. The lowest BCUT2D eigenvalue weighted by Crippen LogP contribution is -2.52. The number of amides is 1. The van der Waals surface area contributed by atoms with Crippen LogP contribution in [0.25, 0.3) is 0 Å². The Morgan fingerprint density at radius 1 is 1.42 bits per heavy atom. The maximum atomic E-state index is 12.5. The lowest BCUT2D eigenvalue weighted by atomic mass is 10.1. The Labute approximate surface area is 112 Å². The highest BCUT2D eigenvalue weighted by atomic mass is 16.5. The van der Waals surface area contributed by atoms with Crippen LogP contribution in [0, 0.1) is 0 Å². The third-order valence-corrected chi connectivity index (χ3v) is 3.93. The average Bonchev–Trinajstić information content (AvgIpc) is 3.11. The summed E-state index contributed by atoms with van der Waals surface area (Å²) >= 11 is 0. The van der Waals surface area contributed by atoms with Gasteiger partial charge in [-0.2, -0.15) is 0 Å². The molecule has 0 aromatic carbocycles. The number of nitrogens with zero attached hydrogens (tertiary/aromatic N) is 3. The Kier molecular flexibility index (Phi) is 3.79.